The second-order valence-corrected chi connectivity index (χ2v) is 7.95. The predicted molar refractivity (Wildman–Crippen MR) is 106 cm³/mol. The first-order valence-electron chi connectivity index (χ1n) is 9.84. The molecule has 4 rings (SSSR count). The van der Waals surface area contributed by atoms with E-state index in [0.29, 0.717) is 19.6 Å². The van der Waals surface area contributed by atoms with E-state index in [1.165, 1.54) is 22.3 Å². The Labute approximate surface area is 164 Å². The molecule has 1 heterocycles. The average Bonchev–Trinajstić information content (AvgIpc) is 3.23. The number of aliphatic carboxylic acids is 1. The van der Waals surface area contributed by atoms with Crippen molar-refractivity contribution in [1.82, 2.24) is 4.90 Å². The zero-order valence-electron chi connectivity index (χ0n) is 16.1. The van der Waals surface area contributed by atoms with Gasteiger partial charge in [-0.2, -0.15) is 0 Å². The van der Waals surface area contributed by atoms with Crippen molar-refractivity contribution in [2.45, 2.75) is 44.1 Å². The molecule has 2 aromatic rings. The summed E-state index contributed by atoms with van der Waals surface area (Å²) < 4.78 is 5.77. The van der Waals surface area contributed by atoms with Crippen LogP contribution in [0.5, 0.6) is 0 Å². The van der Waals surface area contributed by atoms with Crippen molar-refractivity contribution in [2.75, 3.05) is 13.2 Å². The lowest BCUT2D eigenvalue weighted by molar-refractivity contribution is -0.137. The standard InChI is InChI=1S/C23H25NO4/c1-23(13-11-21(25)26)12-6-14-24(23)22(27)28-15-20-18-9-4-2-7-16(18)17-8-3-5-10-19(17)20/h2-5,7-10,20H,6,11-15H2,1H3,(H,25,26)/t23-/m0/s1. The Bertz CT molecular complexity index is 863. The number of likely N-dealkylation sites (tertiary alicyclic amines) is 1. The lowest BCUT2D eigenvalue weighted by Gasteiger charge is -2.34. The Morgan fingerprint density at radius 3 is 2.32 bits per heavy atom. The van der Waals surface area contributed by atoms with Gasteiger partial charge in [-0.1, -0.05) is 48.5 Å². The predicted octanol–water partition coefficient (Wildman–Crippen LogP) is 4.65. The van der Waals surface area contributed by atoms with Crippen LogP contribution in [0.4, 0.5) is 4.79 Å². The maximum absolute atomic E-state index is 12.8. The van der Waals surface area contributed by atoms with E-state index in [0.717, 1.165) is 12.8 Å². The van der Waals surface area contributed by atoms with Gasteiger partial charge in [0.05, 0.1) is 0 Å². The summed E-state index contributed by atoms with van der Waals surface area (Å²) in [7, 11) is 0. The number of hydrogen-bond donors (Lipinski definition) is 1. The summed E-state index contributed by atoms with van der Waals surface area (Å²) in [4.78, 5) is 25.5. The van der Waals surface area contributed by atoms with Gasteiger partial charge >= 0.3 is 12.1 Å². The zero-order valence-corrected chi connectivity index (χ0v) is 16.1. The molecule has 28 heavy (non-hydrogen) atoms. The average molecular weight is 379 g/mol. The molecule has 1 aliphatic heterocycles. The van der Waals surface area contributed by atoms with Gasteiger partial charge in [-0.05, 0) is 48.4 Å². The Balaban J connectivity index is 1.49. The van der Waals surface area contributed by atoms with Crippen molar-refractivity contribution in [1.29, 1.82) is 0 Å². The molecule has 2 aromatic carbocycles. The van der Waals surface area contributed by atoms with Gasteiger partial charge < -0.3 is 14.7 Å². The molecule has 146 valence electrons. The first-order valence-corrected chi connectivity index (χ1v) is 9.84. The second kappa shape index (κ2) is 7.30. The molecule has 2 aliphatic rings. The number of carbonyl (C=O) groups is 2. The smallest absolute Gasteiger partial charge is 0.410 e. The molecule has 0 saturated carbocycles. The number of ether oxygens (including phenoxy) is 1. The van der Waals surface area contributed by atoms with Crippen LogP contribution in [0.2, 0.25) is 0 Å². The maximum atomic E-state index is 12.8. The minimum atomic E-state index is -0.833. The Kier molecular flexibility index (Phi) is 4.84. The summed E-state index contributed by atoms with van der Waals surface area (Å²) in [6.45, 7) is 2.87. The summed E-state index contributed by atoms with van der Waals surface area (Å²) in [6.07, 6.45) is 1.85. The van der Waals surface area contributed by atoms with Gasteiger partial charge in [0.2, 0.25) is 0 Å². The molecule has 0 bridgehead atoms. The lowest BCUT2D eigenvalue weighted by atomic mass is 9.93. The van der Waals surface area contributed by atoms with Crippen LogP contribution in [0.15, 0.2) is 48.5 Å². The molecule has 0 unspecified atom stereocenters. The minimum absolute atomic E-state index is 0.0317. The van der Waals surface area contributed by atoms with Gasteiger partial charge in [-0.15, -0.1) is 0 Å². The number of hydrogen-bond acceptors (Lipinski definition) is 3. The van der Waals surface area contributed by atoms with Crippen molar-refractivity contribution >= 4 is 12.1 Å². The summed E-state index contributed by atoms with van der Waals surface area (Å²) in [5, 5.41) is 9.01. The molecular formula is C23H25NO4. The van der Waals surface area contributed by atoms with Gasteiger partial charge in [0.25, 0.3) is 0 Å². The molecule has 1 amide bonds. The highest BCUT2D eigenvalue weighted by atomic mass is 16.6. The number of carboxylic acid groups (broad SMARTS) is 1. The van der Waals surface area contributed by atoms with Crippen LogP contribution in [0.25, 0.3) is 11.1 Å². The number of rotatable bonds is 5. The number of amides is 1. The Morgan fingerprint density at radius 2 is 1.71 bits per heavy atom. The van der Waals surface area contributed by atoms with Crippen LogP contribution in [0, 0.1) is 0 Å². The van der Waals surface area contributed by atoms with E-state index >= 15 is 0 Å². The van der Waals surface area contributed by atoms with Crippen LogP contribution in [0.1, 0.15) is 49.7 Å². The van der Waals surface area contributed by atoms with Gasteiger partial charge in [0.15, 0.2) is 0 Å². The first kappa shape index (κ1) is 18.5. The third-order valence-electron chi connectivity index (χ3n) is 6.18. The molecule has 5 heteroatoms. The van der Waals surface area contributed by atoms with Gasteiger partial charge in [-0.3, -0.25) is 4.79 Å². The minimum Gasteiger partial charge on any atom is -0.481 e. The fraction of sp³-hybridized carbons (Fsp3) is 0.391. The fourth-order valence-corrected chi connectivity index (χ4v) is 4.64. The second-order valence-electron chi connectivity index (χ2n) is 7.95. The van der Waals surface area contributed by atoms with E-state index in [9.17, 15) is 9.59 Å². The summed E-state index contributed by atoms with van der Waals surface area (Å²) in [5.74, 6) is -0.801. The Morgan fingerprint density at radius 1 is 1.11 bits per heavy atom. The number of carboxylic acids is 1. The van der Waals surface area contributed by atoms with Crippen molar-refractivity contribution in [2.24, 2.45) is 0 Å². The largest absolute Gasteiger partial charge is 0.481 e. The first-order chi connectivity index (χ1) is 13.5. The molecule has 1 saturated heterocycles. The van der Waals surface area contributed by atoms with Crippen LogP contribution >= 0.6 is 0 Å². The topological polar surface area (TPSA) is 66.8 Å². The van der Waals surface area contributed by atoms with Crippen LogP contribution in [-0.4, -0.2) is 40.8 Å². The summed E-state index contributed by atoms with van der Waals surface area (Å²) in [6, 6.07) is 16.5. The Hall–Kier alpha value is -2.82. The van der Waals surface area contributed by atoms with Crippen LogP contribution in [-0.2, 0) is 9.53 Å². The molecule has 1 aliphatic carbocycles. The third-order valence-corrected chi connectivity index (χ3v) is 6.18. The monoisotopic (exact) mass is 379 g/mol. The SMILES string of the molecule is C[C@@]1(CCC(=O)O)CCCN1C(=O)OCC1c2ccccc2-c2ccccc21. The van der Waals surface area contributed by atoms with E-state index in [-0.39, 0.29) is 18.4 Å². The highest BCUT2D eigenvalue weighted by molar-refractivity contribution is 5.79. The quantitative estimate of drug-likeness (QED) is 0.821. The lowest BCUT2D eigenvalue weighted by Crippen LogP contribution is -2.45. The highest BCUT2D eigenvalue weighted by Gasteiger charge is 2.41. The molecule has 5 nitrogen and oxygen atoms in total. The highest BCUT2D eigenvalue weighted by Crippen LogP contribution is 2.44. The van der Waals surface area contributed by atoms with Crippen LogP contribution < -0.4 is 0 Å². The van der Waals surface area contributed by atoms with E-state index in [2.05, 4.69) is 24.3 Å². The molecule has 0 spiro atoms. The van der Waals surface area contributed by atoms with Crippen molar-refractivity contribution in [3.05, 3.63) is 59.7 Å². The molecule has 1 fully saturated rings. The number of carbonyl (C=O) groups excluding carboxylic acids is 1. The zero-order chi connectivity index (χ0) is 19.7. The van der Waals surface area contributed by atoms with E-state index in [4.69, 9.17) is 9.84 Å². The van der Waals surface area contributed by atoms with E-state index < -0.39 is 11.5 Å². The van der Waals surface area contributed by atoms with Crippen LogP contribution in [0.3, 0.4) is 0 Å². The molecule has 0 radical (unpaired) electrons. The van der Waals surface area contributed by atoms with Gasteiger partial charge in [-0.25, -0.2) is 4.79 Å². The molecule has 0 aromatic heterocycles. The van der Waals surface area contributed by atoms with E-state index in [1.807, 2.05) is 31.2 Å². The third kappa shape index (κ3) is 3.26. The van der Waals surface area contributed by atoms with Crippen molar-refractivity contribution in [3.8, 4) is 11.1 Å². The number of benzene rings is 2. The number of nitrogens with zero attached hydrogens (tertiary/aromatic N) is 1. The normalized spacial score (nSPS) is 20.7. The molecule has 1 N–H and O–H groups in total. The summed E-state index contributed by atoms with van der Waals surface area (Å²) >= 11 is 0. The molecule has 1 atom stereocenters. The maximum Gasteiger partial charge on any atom is 0.410 e. The van der Waals surface area contributed by atoms with E-state index in [1.54, 1.807) is 4.90 Å². The number of fused-ring (bicyclic) bond motifs is 3. The van der Waals surface area contributed by atoms with Gasteiger partial charge in [0.1, 0.15) is 6.61 Å². The van der Waals surface area contributed by atoms with Crippen molar-refractivity contribution < 1.29 is 19.4 Å². The fourth-order valence-electron chi connectivity index (χ4n) is 4.64. The van der Waals surface area contributed by atoms with Gasteiger partial charge in [0, 0.05) is 24.4 Å². The molecular weight excluding hydrogens is 354 g/mol. The summed E-state index contributed by atoms with van der Waals surface area (Å²) in [5.41, 5.74) is 4.33. The van der Waals surface area contributed by atoms with Crippen molar-refractivity contribution in [3.63, 3.8) is 0 Å².